The minimum Gasteiger partial charge on any atom is -0.507 e. The van der Waals surface area contributed by atoms with Crippen LogP contribution in [0.4, 0.5) is 4.39 Å². The van der Waals surface area contributed by atoms with E-state index in [2.05, 4.69) is 5.32 Å². The number of halogens is 1. The second-order valence-electron chi connectivity index (χ2n) is 4.59. The Morgan fingerprint density at radius 3 is 2.78 bits per heavy atom. The average Bonchev–Trinajstić information content (AvgIpc) is 2.35. The largest absolute Gasteiger partial charge is 0.507 e. The van der Waals surface area contributed by atoms with Crippen LogP contribution in [-0.2, 0) is 0 Å². The van der Waals surface area contributed by atoms with Crippen molar-refractivity contribution < 1.29 is 19.4 Å². The third-order valence-corrected chi connectivity index (χ3v) is 3.25. The van der Waals surface area contributed by atoms with Crippen molar-refractivity contribution in [2.45, 2.75) is 37.8 Å². The summed E-state index contributed by atoms with van der Waals surface area (Å²) in [7, 11) is 0. The summed E-state index contributed by atoms with van der Waals surface area (Å²) < 4.78 is 13.0. The molecule has 0 radical (unpaired) electrons. The maximum Gasteiger partial charge on any atom is 0.255 e. The maximum atomic E-state index is 13.0. The topological polar surface area (TPSA) is 69.6 Å². The molecule has 0 spiro atoms. The molecule has 1 aromatic rings. The zero-order valence-electron chi connectivity index (χ0n) is 9.90. The second kappa shape index (κ2) is 5.35. The van der Waals surface area contributed by atoms with Gasteiger partial charge < -0.3 is 15.5 Å². The lowest BCUT2D eigenvalue weighted by molar-refractivity contribution is 0.0715. The van der Waals surface area contributed by atoms with Crippen molar-refractivity contribution in [2.24, 2.45) is 0 Å². The quantitative estimate of drug-likeness (QED) is 0.749. The Balaban J connectivity index is 2.09. The van der Waals surface area contributed by atoms with Crippen molar-refractivity contribution in [3.8, 4) is 5.75 Å². The molecule has 1 amide bonds. The molecule has 0 aromatic heterocycles. The minimum absolute atomic E-state index is 0.104. The molecule has 98 valence electrons. The number of phenols is 1. The van der Waals surface area contributed by atoms with E-state index in [1.54, 1.807) is 0 Å². The fourth-order valence-electron chi connectivity index (χ4n) is 2.22. The van der Waals surface area contributed by atoms with Gasteiger partial charge >= 0.3 is 0 Å². The number of rotatable bonds is 2. The number of benzene rings is 1. The Morgan fingerprint density at radius 2 is 2.06 bits per heavy atom. The van der Waals surface area contributed by atoms with E-state index in [1.165, 1.54) is 0 Å². The van der Waals surface area contributed by atoms with Gasteiger partial charge in [0, 0.05) is 0 Å². The van der Waals surface area contributed by atoms with Gasteiger partial charge in [0.25, 0.3) is 5.91 Å². The first kappa shape index (κ1) is 12.8. The van der Waals surface area contributed by atoms with Gasteiger partial charge in [-0.25, -0.2) is 4.39 Å². The number of phenolic OH excluding ortho intramolecular Hbond substituents is 1. The molecule has 3 N–H and O–H groups in total. The summed E-state index contributed by atoms with van der Waals surface area (Å²) in [5, 5.41) is 21.9. The monoisotopic (exact) mass is 253 g/mol. The van der Waals surface area contributed by atoms with Crippen LogP contribution in [-0.4, -0.2) is 28.3 Å². The van der Waals surface area contributed by atoms with E-state index in [0.717, 1.165) is 31.0 Å². The number of aliphatic hydroxyl groups excluding tert-OH is 1. The molecule has 18 heavy (non-hydrogen) atoms. The SMILES string of the molecule is O=C(N[C@@H]1CCCC[C@H]1O)c1cc(F)ccc1O. The number of nitrogens with one attached hydrogen (secondary N) is 1. The summed E-state index contributed by atoms with van der Waals surface area (Å²) in [4.78, 5) is 11.9. The van der Waals surface area contributed by atoms with Crippen molar-refractivity contribution in [1.82, 2.24) is 5.32 Å². The molecule has 0 aliphatic heterocycles. The second-order valence-corrected chi connectivity index (χ2v) is 4.59. The average molecular weight is 253 g/mol. The molecule has 1 aliphatic rings. The Kier molecular flexibility index (Phi) is 3.81. The summed E-state index contributed by atoms with van der Waals surface area (Å²) in [6, 6.07) is 2.89. The first-order valence-electron chi connectivity index (χ1n) is 6.05. The summed E-state index contributed by atoms with van der Waals surface area (Å²) in [6.07, 6.45) is 2.66. The highest BCUT2D eigenvalue weighted by Gasteiger charge is 2.25. The molecule has 1 saturated carbocycles. The molecule has 0 heterocycles. The first-order chi connectivity index (χ1) is 8.58. The third-order valence-electron chi connectivity index (χ3n) is 3.25. The first-order valence-corrected chi connectivity index (χ1v) is 6.05. The van der Waals surface area contributed by atoms with Crippen molar-refractivity contribution in [2.75, 3.05) is 0 Å². The van der Waals surface area contributed by atoms with Gasteiger partial charge in [0.15, 0.2) is 0 Å². The van der Waals surface area contributed by atoms with Crippen molar-refractivity contribution in [1.29, 1.82) is 0 Å². The highest BCUT2D eigenvalue weighted by Crippen LogP contribution is 2.21. The standard InChI is InChI=1S/C13H16FNO3/c14-8-5-6-11(16)9(7-8)13(18)15-10-3-1-2-4-12(10)17/h5-7,10,12,16-17H,1-4H2,(H,15,18)/t10-,12-/m1/s1. The van der Waals surface area contributed by atoms with Crippen molar-refractivity contribution in [3.63, 3.8) is 0 Å². The van der Waals surface area contributed by atoms with E-state index in [0.29, 0.717) is 12.8 Å². The number of carbonyl (C=O) groups excluding carboxylic acids is 1. The van der Waals surface area contributed by atoms with Crippen molar-refractivity contribution in [3.05, 3.63) is 29.6 Å². The molecule has 0 unspecified atom stereocenters. The fraction of sp³-hybridized carbons (Fsp3) is 0.462. The fourth-order valence-corrected chi connectivity index (χ4v) is 2.22. The van der Waals surface area contributed by atoms with Gasteiger partial charge in [-0.2, -0.15) is 0 Å². The van der Waals surface area contributed by atoms with Crippen molar-refractivity contribution >= 4 is 5.91 Å². The van der Waals surface area contributed by atoms with Gasteiger partial charge in [-0.05, 0) is 31.0 Å². The van der Waals surface area contributed by atoms with Crippen LogP contribution in [0.2, 0.25) is 0 Å². The van der Waals surface area contributed by atoms with E-state index in [1.807, 2.05) is 0 Å². The van der Waals surface area contributed by atoms with Crippen LogP contribution in [0.1, 0.15) is 36.0 Å². The maximum absolute atomic E-state index is 13.0. The third kappa shape index (κ3) is 2.79. The highest BCUT2D eigenvalue weighted by molar-refractivity contribution is 5.97. The van der Waals surface area contributed by atoms with Crippen LogP contribution < -0.4 is 5.32 Å². The molecular formula is C13H16FNO3. The molecular weight excluding hydrogens is 237 g/mol. The number of aliphatic hydroxyl groups is 1. The molecule has 1 aromatic carbocycles. The summed E-state index contributed by atoms with van der Waals surface area (Å²) >= 11 is 0. The van der Waals surface area contributed by atoms with Gasteiger partial charge in [-0.1, -0.05) is 12.8 Å². The van der Waals surface area contributed by atoms with Crippen LogP contribution in [0, 0.1) is 5.82 Å². The number of carbonyl (C=O) groups is 1. The molecule has 0 bridgehead atoms. The van der Waals surface area contributed by atoms with Crippen LogP contribution >= 0.6 is 0 Å². The minimum atomic E-state index is -0.581. The van der Waals surface area contributed by atoms with E-state index in [9.17, 15) is 19.4 Å². The lowest BCUT2D eigenvalue weighted by Crippen LogP contribution is -2.45. The number of hydrogen-bond acceptors (Lipinski definition) is 3. The molecule has 0 saturated heterocycles. The molecule has 1 fully saturated rings. The molecule has 2 atom stereocenters. The Hall–Kier alpha value is -1.62. The van der Waals surface area contributed by atoms with Crippen LogP contribution in [0.3, 0.4) is 0 Å². The van der Waals surface area contributed by atoms with Gasteiger partial charge in [0.2, 0.25) is 0 Å². The summed E-state index contributed by atoms with van der Waals surface area (Å²) in [5.41, 5.74) is -0.104. The number of amides is 1. The summed E-state index contributed by atoms with van der Waals surface area (Å²) in [6.45, 7) is 0. The van der Waals surface area contributed by atoms with Gasteiger partial charge in [-0.15, -0.1) is 0 Å². The lowest BCUT2D eigenvalue weighted by atomic mass is 9.92. The zero-order valence-corrected chi connectivity index (χ0v) is 9.90. The van der Waals surface area contributed by atoms with Gasteiger partial charge in [-0.3, -0.25) is 4.79 Å². The van der Waals surface area contributed by atoms with Gasteiger partial charge in [0.1, 0.15) is 11.6 Å². The van der Waals surface area contributed by atoms with E-state index in [-0.39, 0.29) is 17.4 Å². The molecule has 2 rings (SSSR count). The molecule has 4 nitrogen and oxygen atoms in total. The normalized spacial score (nSPS) is 23.7. The molecule has 5 heteroatoms. The summed E-state index contributed by atoms with van der Waals surface area (Å²) in [5.74, 6) is -1.40. The zero-order chi connectivity index (χ0) is 13.1. The predicted octanol–water partition coefficient (Wildman–Crippen LogP) is 1.56. The Labute approximate surface area is 104 Å². The van der Waals surface area contributed by atoms with Gasteiger partial charge in [0.05, 0.1) is 17.7 Å². The van der Waals surface area contributed by atoms with E-state index >= 15 is 0 Å². The van der Waals surface area contributed by atoms with Crippen LogP contribution in [0.25, 0.3) is 0 Å². The molecule has 1 aliphatic carbocycles. The van der Waals surface area contributed by atoms with E-state index in [4.69, 9.17) is 0 Å². The Bertz CT molecular complexity index is 450. The smallest absolute Gasteiger partial charge is 0.255 e. The number of hydrogen-bond donors (Lipinski definition) is 3. The van der Waals surface area contributed by atoms with Crippen LogP contribution in [0.15, 0.2) is 18.2 Å². The predicted molar refractivity (Wildman–Crippen MR) is 63.8 cm³/mol. The van der Waals surface area contributed by atoms with E-state index < -0.39 is 17.8 Å². The van der Waals surface area contributed by atoms with Crippen LogP contribution in [0.5, 0.6) is 5.75 Å². The highest BCUT2D eigenvalue weighted by atomic mass is 19.1. The Morgan fingerprint density at radius 1 is 1.33 bits per heavy atom. The lowest BCUT2D eigenvalue weighted by Gasteiger charge is -2.28. The number of aromatic hydroxyl groups is 1.